The van der Waals surface area contributed by atoms with E-state index < -0.39 is 0 Å². The molecule has 0 saturated carbocycles. The number of anilines is 2. The van der Waals surface area contributed by atoms with E-state index in [4.69, 9.17) is 0 Å². The average molecular weight is 275 g/mol. The number of hydrogen-bond donors (Lipinski definition) is 1. The predicted molar refractivity (Wildman–Crippen MR) is 78.0 cm³/mol. The van der Waals surface area contributed by atoms with Gasteiger partial charge in [0.15, 0.2) is 0 Å². The number of aromatic nitrogens is 2. The zero-order valence-corrected chi connectivity index (χ0v) is 11.7. The van der Waals surface area contributed by atoms with Crippen LogP contribution in [0.5, 0.6) is 0 Å². The van der Waals surface area contributed by atoms with Gasteiger partial charge in [-0.25, -0.2) is 4.98 Å². The molecular formula is C13H17N5O2. The van der Waals surface area contributed by atoms with Crippen molar-refractivity contribution in [2.45, 2.75) is 6.54 Å². The second-order valence-electron chi connectivity index (χ2n) is 4.56. The third-order valence-electron chi connectivity index (χ3n) is 3.14. The van der Waals surface area contributed by atoms with E-state index in [1.807, 2.05) is 35.8 Å². The van der Waals surface area contributed by atoms with Gasteiger partial charge in [-0.3, -0.25) is 10.1 Å². The Morgan fingerprint density at radius 2 is 2.20 bits per heavy atom. The van der Waals surface area contributed by atoms with Crippen molar-refractivity contribution >= 4 is 17.1 Å². The van der Waals surface area contributed by atoms with E-state index in [0.717, 1.165) is 11.5 Å². The van der Waals surface area contributed by atoms with Gasteiger partial charge in [-0.05, 0) is 6.07 Å². The van der Waals surface area contributed by atoms with E-state index in [1.165, 1.54) is 6.07 Å². The lowest BCUT2D eigenvalue weighted by molar-refractivity contribution is -0.384. The molecule has 1 aromatic carbocycles. The Morgan fingerprint density at radius 3 is 2.75 bits per heavy atom. The summed E-state index contributed by atoms with van der Waals surface area (Å²) < 4.78 is 1.92. The number of nitrogens with one attached hydrogen (secondary N) is 1. The number of hydrogen-bond acceptors (Lipinski definition) is 5. The molecule has 0 aliphatic rings. The molecule has 0 spiro atoms. The Kier molecular flexibility index (Phi) is 3.88. The van der Waals surface area contributed by atoms with Crippen LogP contribution in [0.1, 0.15) is 5.82 Å². The quantitative estimate of drug-likeness (QED) is 0.667. The number of rotatable bonds is 5. The van der Waals surface area contributed by atoms with Gasteiger partial charge in [-0.2, -0.15) is 0 Å². The third kappa shape index (κ3) is 2.87. The number of nitro groups is 1. The van der Waals surface area contributed by atoms with Crippen LogP contribution in [0.4, 0.5) is 17.1 Å². The van der Waals surface area contributed by atoms with E-state index in [9.17, 15) is 10.1 Å². The van der Waals surface area contributed by atoms with Gasteiger partial charge in [0, 0.05) is 57.0 Å². The standard InChI is InChI=1S/C13H17N5O2/c1-14-10-6-11(8-12(7-10)18(19)20)17(3)9-13-15-4-5-16(13)2/h4-8,14H,9H2,1-3H3. The lowest BCUT2D eigenvalue weighted by atomic mass is 10.2. The molecule has 2 rings (SSSR count). The van der Waals surface area contributed by atoms with E-state index in [2.05, 4.69) is 10.3 Å². The Balaban J connectivity index is 2.29. The van der Waals surface area contributed by atoms with Crippen LogP contribution >= 0.6 is 0 Å². The van der Waals surface area contributed by atoms with Crippen LogP contribution in [0.25, 0.3) is 0 Å². The molecule has 1 aromatic heterocycles. The summed E-state index contributed by atoms with van der Waals surface area (Å²) in [7, 11) is 5.54. The molecule has 0 amide bonds. The van der Waals surface area contributed by atoms with Crippen LogP contribution in [0.2, 0.25) is 0 Å². The van der Waals surface area contributed by atoms with Gasteiger partial charge >= 0.3 is 0 Å². The largest absolute Gasteiger partial charge is 0.388 e. The number of benzene rings is 1. The van der Waals surface area contributed by atoms with E-state index in [0.29, 0.717) is 12.2 Å². The second-order valence-corrected chi connectivity index (χ2v) is 4.56. The summed E-state index contributed by atoms with van der Waals surface area (Å²) in [5, 5.41) is 13.9. The minimum absolute atomic E-state index is 0.0681. The van der Waals surface area contributed by atoms with Gasteiger partial charge in [0.1, 0.15) is 5.82 Å². The molecule has 0 saturated heterocycles. The van der Waals surface area contributed by atoms with Gasteiger partial charge in [-0.1, -0.05) is 0 Å². The van der Waals surface area contributed by atoms with Gasteiger partial charge in [0.2, 0.25) is 0 Å². The van der Waals surface area contributed by atoms with Gasteiger partial charge in [-0.15, -0.1) is 0 Å². The maximum Gasteiger partial charge on any atom is 0.273 e. The summed E-state index contributed by atoms with van der Waals surface area (Å²) >= 11 is 0. The Bertz CT molecular complexity index is 623. The summed E-state index contributed by atoms with van der Waals surface area (Å²) in [6.07, 6.45) is 3.60. The van der Waals surface area contributed by atoms with Crippen molar-refractivity contribution in [2.75, 3.05) is 24.3 Å². The molecule has 106 valence electrons. The Hall–Kier alpha value is -2.57. The lowest BCUT2D eigenvalue weighted by Crippen LogP contribution is -2.19. The van der Waals surface area contributed by atoms with Crippen molar-refractivity contribution in [1.29, 1.82) is 0 Å². The maximum atomic E-state index is 11.0. The van der Waals surface area contributed by atoms with Crippen LogP contribution in [0, 0.1) is 10.1 Å². The first-order valence-electron chi connectivity index (χ1n) is 6.16. The fraction of sp³-hybridized carbons (Fsp3) is 0.308. The van der Waals surface area contributed by atoms with Gasteiger partial charge in [0.25, 0.3) is 5.69 Å². The highest BCUT2D eigenvalue weighted by Crippen LogP contribution is 2.26. The fourth-order valence-corrected chi connectivity index (χ4v) is 1.92. The number of non-ortho nitro benzene ring substituents is 1. The van der Waals surface area contributed by atoms with Crippen molar-refractivity contribution in [3.63, 3.8) is 0 Å². The van der Waals surface area contributed by atoms with Crippen LogP contribution in [0.15, 0.2) is 30.6 Å². The third-order valence-corrected chi connectivity index (χ3v) is 3.14. The van der Waals surface area contributed by atoms with E-state index >= 15 is 0 Å². The Morgan fingerprint density at radius 1 is 1.45 bits per heavy atom. The molecule has 7 nitrogen and oxygen atoms in total. The molecule has 0 atom stereocenters. The first-order valence-corrected chi connectivity index (χ1v) is 6.16. The van der Waals surface area contributed by atoms with Crippen molar-refractivity contribution < 1.29 is 4.92 Å². The van der Waals surface area contributed by atoms with Crippen molar-refractivity contribution in [3.05, 3.63) is 46.5 Å². The highest BCUT2D eigenvalue weighted by Gasteiger charge is 2.13. The smallest absolute Gasteiger partial charge is 0.273 e. The number of nitrogens with zero attached hydrogens (tertiary/aromatic N) is 4. The van der Waals surface area contributed by atoms with Crippen molar-refractivity contribution in [1.82, 2.24) is 9.55 Å². The molecule has 0 radical (unpaired) electrons. The predicted octanol–water partition coefficient (Wildman–Crippen LogP) is 2.01. The molecule has 0 bridgehead atoms. The van der Waals surface area contributed by atoms with Crippen LogP contribution in [-0.4, -0.2) is 28.6 Å². The van der Waals surface area contributed by atoms with Gasteiger partial charge in [0.05, 0.1) is 11.5 Å². The molecule has 0 aliphatic heterocycles. The Labute approximate surface area is 117 Å². The number of imidazole rings is 1. The summed E-state index contributed by atoms with van der Waals surface area (Å²) in [5.41, 5.74) is 1.55. The lowest BCUT2D eigenvalue weighted by Gasteiger charge is -2.19. The highest BCUT2D eigenvalue weighted by atomic mass is 16.6. The molecule has 0 aliphatic carbocycles. The minimum atomic E-state index is -0.390. The topological polar surface area (TPSA) is 76.2 Å². The summed E-state index contributed by atoms with van der Waals surface area (Å²) in [6, 6.07) is 4.94. The molecule has 20 heavy (non-hydrogen) atoms. The number of nitro benzene ring substituents is 1. The molecule has 0 fully saturated rings. The average Bonchev–Trinajstić information content (AvgIpc) is 2.83. The fourth-order valence-electron chi connectivity index (χ4n) is 1.92. The first-order chi connectivity index (χ1) is 9.51. The SMILES string of the molecule is CNc1cc(N(C)Cc2nccn2C)cc([N+](=O)[O-])c1. The summed E-state index contributed by atoms with van der Waals surface area (Å²) in [6.45, 7) is 0.577. The first kappa shape index (κ1) is 13.9. The monoisotopic (exact) mass is 275 g/mol. The second kappa shape index (κ2) is 5.60. The van der Waals surface area contributed by atoms with Crippen LogP contribution < -0.4 is 10.2 Å². The maximum absolute atomic E-state index is 11.0. The molecular weight excluding hydrogens is 258 g/mol. The zero-order valence-electron chi connectivity index (χ0n) is 11.7. The summed E-state index contributed by atoms with van der Waals surface area (Å²) in [4.78, 5) is 16.7. The van der Waals surface area contributed by atoms with E-state index in [-0.39, 0.29) is 10.6 Å². The zero-order chi connectivity index (χ0) is 14.7. The van der Waals surface area contributed by atoms with Crippen LogP contribution in [0.3, 0.4) is 0 Å². The molecule has 1 N–H and O–H groups in total. The molecule has 1 heterocycles. The molecule has 2 aromatic rings. The van der Waals surface area contributed by atoms with Gasteiger partial charge < -0.3 is 14.8 Å². The van der Waals surface area contributed by atoms with Crippen molar-refractivity contribution in [3.8, 4) is 0 Å². The normalized spacial score (nSPS) is 10.3. The number of aryl methyl sites for hydroxylation is 1. The van der Waals surface area contributed by atoms with Crippen LogP contribution in [-0.2, 0) is 13.6 Å². The van der Waals surface area contributed by atoms with Crippen molar-refractivity contribution in [2.24, 2.45) is 7.05 Å². The summed E-state index contributed by atoms with van der Waals surface area (Å²) in [5.74, 6) is 0.894. The highest BCUT2D eigenvalue weighted by molar-refractivity contribution is 5.64. The minimum Gasteiger partial charge on any atom is -0.388 e. The van der Waals surface area contributed by atoms with E-state index in [1.54, 1.807) is 19.3 Å². The molecule has 0 unspecified atom stereocenters. The molecule has 7 heteroatoms.